The van der Waals surface area contributed by atoms with Gasteiger partial charge in [-0.2, -0.15) is 0 Å². The zero-order chi connectivity index (χ0) is 13.0. The van der Waals surface area contributed by atoms with E-state index in [1.54, 1.807) is 17.3 Å². The Bertz CT molecular complexity index is 537. The van der Waals surface area contributed by atoms with Crippen LogP contribution in [0.15, 0.2) is 58.3 Å². The SMILES string of the molecule is Cc1cc(N(C)C=S)ccc1Sc1ccccc1. The third-order valence-corrected chi connectivity index (χ3v) is 4.20. The van der Waals surface area contributed by atoms with Crippen molar-refractivity contribution in [3.63, 3.8) is 0 Å². The van der Waals surface area contributed by atoms with Gasteiger partial charge in [0.25, 0.3) is 0 Å². The summed E-state index contributed by atoms with van der Waals surface area (Å²) in [6, 6.07) is 16.8. The normalized spacial score (nSPS) is 10.1. The molecule has 3 heteroatoms. The van der Waals surface area contributed by atoms with Gasteiger partial charge in [0.15, 0.2) is 0 Å². The molecule has 18 heavy (non-hydrogen) atoms. The lowest BCUT2D eigenvalue weighted by atomic mass is 10.2. The van der Waals surface area contributed by atoms with E-state index in [0.717, 1.165) is 5.69 Å². The van der Waals surface area contributed by atoms with Crippen LogP contribution in [0, 0.1) is 6.92 Å². The van der Waals surface area contributed by atoms with Crippen molar-refractivity contribution in [2.24, 2.45) is 0 Å². The highest BCUT2D eigenvalue weighted by Gasteiger charge is 2.04. The average molecular weight is 273 g/mol. The number of aryl methyl sites for hydroxylation is 1. The summed E-state index contributed by atoms with van der Waals surface area (Å²) in [7, 11) is 1.96. The van der Waals surface area contributed by atoms with Gasteiger partial charge in [0.05, 0.1) is 5.49 Å². The largest absolute Gasteiger partial charge is 0.342 e. The molecule has 0 saturated heterocycles. The fourth-order valence-corrected chi connectivity index (χ4v) is 2.67. The van der Waals surface area contributed by atoms with E-state index in [2.05, 4.69) is 49.4 Å². The molecule has 0 bridgehead atoms. The molecule has 92 valence electrons. The lowest BCUT2D eigenvalue weighted by molar-refractivity contribution is 1.24. The minimum atomic E-state index is 1.12. The number of nitrogens with zero attached hydrogens (tertiary/aromatic N) is 1. The van der Waals surface area contributed by atoms with Gasteiger partial charge in [-0.25, -0.2) is 0 Å². The smallest absolute Gasteiger partial charge is 0.0682 e. The molecule has 0 spiro atoms. The van der Waals surface area contributed by atoms with Crippen LogP contribution in [0.2, 0.25) is 0 Å². The fraction of sp³-hybridized carbons (Fsp3) is 0.133. The number of anilines is 1. The van der Waals surface area contributed by atoms with E-state index in [0.29, 0.717) is 0 Å². The third-order valence-electron chi connectivity index (χ3n) is 2.69. The van der Waals surface area contributed by atoms with E-state index < -0.39 is 0 Å². The minimum absolute atomic E-state index is 1.12. The van der Waals surface area contributed by atoms with Crippen LogP contribution in [0.3, 0.4) is 0 Å². The van der Waals surface area contributed by atoms with Crippen LogP contribution in [0.1, 0.15) is 5.56 Å². The number of benzene rings is 2. The molecule has 2 aromatic carbocycles. The first-order valence-corrected chi connectivity index (χ1v) is 7.01. The summed E-state index contributed by atoms with van der Waals surface area (Å²) in [5, 5.41) is 0. The van der Waals surface area contributed by atoms with E-state index in [-0.39, 0.29) is 0 Å². The summed E-state index contributed by atoms with van der Waals surface area (Å²) in [5.74, 6) is 0. The number of hydrogen-bond donors (Lipinski definition) is 0. The van der Waals surface area contributed by atoms with Crippen molar-refractivity contribution in [3.05, 3.63) is 54.1 Å². The van der Waals surface area contributed by atoms with Gasteiger partial charge in [0.1, 0.15) is 0 Å². The van der Waals surface area contributed by atoms with Gasteiger partial charge in [-0.05, 0) is 42.8 Å². The average Bonchev–Trinajstić information content (AvgIpc) is 2.41. The van der Waals surface area contributed by atoms with E-state index in [9.17, 15) is 0 Å². The van der Waals surface area contributed by atoms with E-state index in [4.69, 9.17) is 12.2 Å². The monoisotopic (exact) mass is 273 g/mol. The Balaban J connectivity index is 2.23. The van der Waals surface area contributed by atoms with Crippen molar-refractivity contribution in [1.29, 1.82) is 0 Å². The maximum atomic E-state index is 4.93. The van der Waals surface area contributed by atoms with Crippen LogP contribution in [-0.4, -0.2) is 12.5 Å². The molecular formula is C15H15NS2. The summed E-state index contributed by atoms with van der Waals surface area (Å²) >= 11 is 6.72. The molecule has 0 aliphatic carbocycles. The molecule has 0 aromatic heterocycles. The van der Waals surface area contributed by atoms with Crippen LogP contribution < -0.4 is 4.90 Å². The summed E-state index contributed by atoms with van der Waals surface area (Å²) in [6.07, 6.45) is 0. The first kappa shape index (κ1) is 13.1. The van der Waals surface area contributed by atoms with Crippen molar-refractivity contribution >= 4 is 35.2 Å². The molecule has 0 saturated carbocycles. The van der Waals surface area contributed by atoms with Crippen LogP contribution in [0.5, 0.6) is 0 Å². The third kappa shape index (κ3) is 3.12. The molecule has 0 atom stereocenters. The van der Waals surface area contributed by atoms with Crippen molar-refractivity contribution in [2.45, 2.75) is 16.7 Å². The van der Waals surface area contributed by atoms with Gasteiger partial charge >= 0.3 is 0 Å². The maximum absolute atomic E-state index is 4.93. The summed E-state index contributed by atoms with van der Waals surface area (Å²) < 4.78 is 0. The Labute approximate surface area is 118 Å². The van der Waals surface area contributed by atoms with Crippen LogP contribution in [0.4, 0.5) is 5.69 Å². The Hall–Kier alpha value is -1.32. The molecule has 0 unspecified atom stereocenters. The Morgan fingerprint density at radius 2 is 1.83 bits per heavy atom. The second kappa shape index (κ2) is 6.03. The van der Waals surface area contributed by atoms with Crippen molar-refractivity contribution in [1.82, 2.24) is 0 Å². The van der Waals surface area contributed by atoms with Crippen molar-refractivity contribution in [2.75, 3.05) is 11.9 Å². The molecule has 0 amide bonds. The Kier molecular flexibility index (Phi) is 4.39. The quantitative estimate of drug-likeness (QED) is 0.753. The minimum Gasteiger partial charge on any atom is -0.342 e. The first-order valence-electron chi connectivity index (χ1n) is 5.72. The first-order chi connectivity index (χ1) is 8.70. The van der Waals surface area contributed by atoms with Gasteiger partial charge in [0.2, 0.25) is 0 Å². The molecule has 2 aromatic rings. The lowest BCUT2D eigenvalue weighted by Crippen LogP contribution is -2.12. The maximum Gasteiger partial charge on any atom is 0.0682 e. The topological polar surface area (TPSA) is 3.24 Å². The van der Waals surface area contributed by atoms with E-state index in [1.807, 2.05) is 18.0 Å². The second-order valence-electron chi connectivity index (χ2n) is 4.08. The van der Waals surface area contributed by atoms with Crippen molar-refractivity contribution < 1.29 is 0 Å². The standard InChI is InChI=1S/C15H15NS2/c1-12-10-13(16(2)11-17)8-9-15(12)18-14-6-4-3-5-7-14/h3-11H,1-2H3. The number of rotatable bonds is 4. The highest BCUT2D eigenvalue weighted by molar-refractivity contribution is 7.99. The van der Waals surface area contributed by atoms with Crippen LogP contribution in [-0.2, 0) is 0 Å². The molecular weight excluding hydrogens is 258 g/mol. The summed E-state index contributed by atoms with van der Waals surface area (Å²) in [6.45, 7) is 2.13. The Morgan fingerprint density at radius 3 is 2.44 bits per heavy atom. The van der Waals surface area contributed by atoms with Gasteiger partial charge < -0.3 is 4.90 Å². The zero-order valence-corrected chi connectivity index (χ0v) is 12.1. The van der Waals surface area contributed by atoms with Gasteiger partial charge in [-0.15, -0.1) is 0 Å². The fourth-order valence-electron chi connectivity index (χ4n) is 1.64. The van der Waals surface area contributed by atoms with Gasteiger partial charge in [-0.1, -0.05) is 42.2 Å². The highest BCUT2D eigenvalue weighted by atomic mass is 32.2. The molecule has 0 heterocycles. The highest BCUT2D eigenvalue weighted by Crippen LogP contribution is 2.31. The molecule has 0 aliphatic heterocycles. The predicted molar refractivity (Wildman–Crippen MR) is 83.8 cm³/mol. The van der Waals surface area contributed by atoms with Gasteiger partial charge in [0, 0.05) is 22.5 Å². The van der Waals surface area contributed by atoms with Crippen molar-refractivity contribution in [3.8, 4) is 0 Å². The Morgan fingerprint density at radius 1 is 1.11 bits per heavy atom. The molecule has 1 nitrogen and oxygen atoms in total. The lowest BCUT2D eigenvalue weighted by Gasteiger charge is -2.14. The zero-order valence-electron chi connectivity index (χ0n) is 10.5. The molecule has 2 rings (SSSR count). The van der Waals surface area contributed by atoms with Crippen LogP contribution >= 0.6 is 24.0 Å². The number of hydrogen-bond acceptors (Lipinski definition) is 2. The molecule has 0 aliphatic rings. The number of thiocarbonyl (C=S) groups is 1. The summed E-state index contributed by atoms with van der Waals surface area (Å²) in [5.41, 5.74) is 4.05. The molecule has 0 radical (unpaired) electrons. The summed E-state index contributed by atoms with van der Waals surface area (Å²) in [4.78, 5) is 4.48. The van der Waals surface area contributed by atoms with Gasteiger partial charge in [-0.3, -0.25) is 0 Å². The van der Waals surface area contributed by atoms with E-state index >= 15 is 0 Å². The second-order valence-corrected chi connectivity index (χ2v) is 5.41. The predicted octanol–water partition coefficient (Wildman–Crippen LogP) is 4.54. The molecule has 0 N–H and O–H groups in total. The van der Waals surface area contributed by atoms with Crippen LogP contribution in [0.25, 0.3) is 0 Å². The molecule has 0 fully saturated rings. The van der Waals surface area contributed by atoms with E-state index in [1.165, 1.54) is 15.4 Å².